The summed E-state index contributed by atoms with van der Waals surface area (Å²) in [5, 5.41) is 3.03. The van der Waals surface area contributed by atoms with Crippen molar-refractivity contribution in [3.63, 3.8) is 0 Å². The predicted molar refractivity (Wildman–Crippen MR) is 114 cm³/mol. The van der Waals surface area contributed by atoms with Gasteiger partial charge in [-0.1, -0.05) is 74.9 Å². The highest BCUT2D eigenvalue weighted by Gasteiger charge is 2.29. The van der Waals surface area contributed by atoms with Gasteiger partial charge in [-0.25, -0.2) is 0 Å². The third kappa shape index (κ3) is 6.22. The number of unbranched alkanes of at least 4 members (excludes halogenated alkanes) is 1. The van der Waals surface area contributed by atoms with Gasteiger partial charge >= 0.3 is 0 Å². The van der Waals surface area contributed by atoms with Crippen LogP contribution >= 0.6 is 0 Å². The van der Waals surface area contributed by atoms with Crippen molar-refractivity contribution in [2.75, 3.05) is 6.54 Å². The molecule has 28 heavy (non-hydrogen) atoms. The van der Waals surface area contributed by atoms with Crippen LogP contribution in [-0.2, 0) is 22.6 Å². The Labute approximate surface area is 169 Å². The summed E-state index contributed by atoms with van der Waals surface area (Å²) < 4.78 is 0. The Bertz CT molecular complexity index is 758. The molecule has 0 saturated carbocycles. The van der Waals surface area contributed by atoms with Gasteiger partial charge in [-0.15, -0.1) is 0 Å². The maximum Gasteiger partial charge on any atom is 0.243 e. The number of benzene rings is 2. The second-order valence-electron chi connectivity index (χ2n) is 7.15. The fourth-order valence-corrected chi connectivity index (χ4v) is 3.23. The Balaban J connectivity index is 2.31. The molecule has 0 radical (unpaired) electrons. The van der Waals surface area contributed by atoms with E-state index < -0.39 is 6.04 Å². The van der Waals surface area contributed by atoms with E-state index in [1.165, 1.54) is 0 Å². The van der Waals surface area contributed by atoms with Crippen LogP contribution in [0, 0.1) is 6.92 Å². The predicted octanol–water partition coefficient (Wildman–Crippen LogP) is 4.26. The number of carbonyl (C=O) groups is 2. The van der Waals surface area contributed by atoms with E-state index in [9.17, 15) is 9.59 Å². The van der Waals surface area contributed by atoms with Gasteiger partial charge in [-0.05, 0) is 30.0 Å². The first-order valence-electron chi connectivity index (χ1n) is 10.2. The molecule has 2 aromatic rings. The van der Waals surface area contributed by atoms with Crippen LogP contribution in [0.4, 0.5) is 0 Å². The molecule has 2 rings (SSSR count). The lowest BCUT2D eigenvalue weighted by Crippen LogP contribution is -2.50. The van der Waals surface area contributed by atoms with Crippen LogP contribution in [0.3, 0.4) is 0 Å². The van der Waals surface area contributed by atoms with Crippen LogP contribution in [0.1, 0.15) is 49.8 Å². The lowest BCUT2D eigenvalue weighted by Gasteiger charge is -2.31. The van der Waals surface area contributed by atoms with Crippen LogP contribution in [0.15, 0.2) is 54.6 Å². The smallest absolute Gasteiger partial charge is 0.243 e. The Morgan fingerprint density at radius 3 is 2.32 bits per heavy atom. The standard InChI is InChI=1S/C24H32N2O2/c1-4-6-16-25-24(28)22(17-20-13-8-7-9-14-20)26(23(27)5-2)18-21-15-11-10-12-19(21)3/h7-15,22H,4-6,16-18H2,1-3H3,(H,25,28). The van der Waals surface area contributed by atoms with E-state index in [1.807, 2.05) is 68.4 Å². The molecule has 0 aliphatic rings. The average Bonchev–Trinajstić information content (AvgIpc) is 2.72. The molecule has 4 nitrogen and oxygen atoms in total. The summed E-state index contributed by atoms with van der Waals surface area (Å²) >= 11 is 0. The third-order valence-corrected chi connectivity index (χ3v) is 5.01. The second-order valence-corrected chi connectivity index (χ2v) is 7.15. The normalized spacial score (nSPS) is 11.7. The zero-order chi connectivity index (χ0) is 20.4. The maximum absolute atomic E-state index is 13.1. The minimum absolute atomic E-state index is 0.00479. The SMILES string of the molecule is CCCCNC(=O)C(Cc1ccccc1)N(Cc1ccccc1C)C(=O)CC. The van der Waals surface area contributed by atoms with E-state index in [0.717, 1.165) is 29.5 Å². The molecule has 0 spiro atoms. The molecule has 150 valence electrons. The summed E-state index contributed by atoms with van der Waals surface area (Å²) in [6, 6.07) is 17.4. The van der Waals surface area contributed by atoms with Gasteiger partial charge in [-0.3, -0.25) is 9.59 Å². The molecule has 0 aliphatic heterocycles. The fourth-order valence-electron chi connectivity index (χ4n) is 3.23. The van der Waals surface area contributed by atoms with Gasteiger partial charge in [0, 0.05) is 25.9 Å². The van der Waals surface area contributed by atoms with Gasteiger partial charge < -0.3 is 10.2 Å². The quantitative estimate of drug-likeness (QED) is 0.626. The van der Waals surface area contributed by atoms with Crippen molar-refractivity contribution in [1.82, 2.24) is 10.2 Å². The minimum atomic E-state index is -0.522. The van der Waals surface area contributed by atoms with Crippen molar-refractivity contribution in [3.05, 3.63) is 71.3 Å². The molecule has 0 aromatic heterocycles. The average molecular weight is 381 g/mol. The van der Waals surface area contributed by atoms with E-state index in [0.29, 0.717) is 25.9 Å². The van der Waals surface area contributed by atoms with Gasteiger partial charge in [0.1, 0.15) is 6.04 Å². The zero-order valence-corrected chi connectivity index (χ0v) is 17.3. The number of nitrogens with one attached hydrogen (secondary N) is 1. The monoisotopic (exact) mass is 380 g/mol. The summed E-state index contributed by atoms with van der Waals surface area (Å²) in [5.74, 6) is -0.0810. The first-order valence-corrected chi connectivity index (χ1v) is 10.2. The first-order chi connectivity index (χ1) is 13.6. The third-order valence-electron chi connectivity index (χ3n) is 5.01. The lowest BCUT2D eigenvalue weighted by atomic mass is 10.0. The van der Waals surface area contributed by atoms with Crippen LogP contribution in [0.25, 0.3) is 0 Å². The topological polar surface area (TPSA) is 49.4 Å². The van der Waals surface area contributed by atoms with Crippen molar-refractivity contribution >= 4 is 11.8 Å². The molecule has 1 atom stereocenters. The first kappa shape index (κ1) is 21.7. The van der Waals surface area contributed by atoms with Crippen LogP contribution in [-0.4, -0.2) is 29.3 Å². The summed E-state index contributed by atoms with van der Waals surface area (Å²) in [6.45, 7) is 7.06. The van der Waals surface area contributed by atoms with Gasteiger partial charge in [-0.2, -0.15) is 0 Å². The number of aryl methyl sites for hydroxylation is 1. The molecule has 1 unspecified atom stereocenters. The van der Waals surface area contributed by atoms with Crippen molar-refractivity contribution in [2.24, 2.45) is 0 Å². The highest BCUT2D eigenvalue weighted by molar-refractivity contribution is 5.87. The Kier molecular flexibility index (Phi) is 8.73. The molecule has 2 amide bonds. The molecule has 1 N–H and O–H groups in total. The molecule has 0 bridgehead atoms. The van der Waals surface area contributed by atoms with E-state index in [-0.39, 0.29) is 11.8 Å². The molecular formula is C24H32N2O2. The Hall–Kier alpha value is -2.62. The molecule has 0 aliphatic carbocycles. The molecule has 4 heteroatoms. The summed E-state index contributed by atoms with van der Waals surface area (Å²) in [7, 11) is 0. The van der Waals surface area contributed by atoms with Crippen molar-refractivity contribution in [3.8, 4) is 0 Å². The Morgan fingerprint density at radius 2 is 1.68 bits per heavy atom. The number of amides is 2. The summed E-state index contributed by atoms with van der Waals surface area (Å²) in [6.07, 6.45) is 2.84. The zero-order valence-electron chi connectivity index (χ0n) is 17.3. The fraction of sp³-hybridized carbons (Fsp3) is 0.417. The second kappa shape index (κ2) is 11.3. The van der Waals surface area contributed by atoms with Crippen molar-refractivity contribution < 1.29 is 9.59 Å². The van der Waals surface area contributed by atoms with E-state index >= 15 is 0 Å². The summed E-state index contributed by atoms with van der Waals surface area (Å²) in [4.78, 5) is 27.6. The number of hydrogen-bond acceptors (Lipinski definition) is 2. The van der Waals surface area contributed by atoms with Crippen molar-refractivity contribution in [2.45, 2.75) is 59.0 Å². The van der Waals surface area contributed by atoms with E-state index in [2.05, 4.69) is 12.2 Å². The highest BCUT2D eigenvalue weighted by atomic mass is 16.2. The number of rotatable bonds is 10. The molecule has 2 aromatic carbocycles. The summed E-state index contributed by atoms with van der Waals surface area (Å²) in [5.41, 5.74) is 3.25. The lowest BCUT2D eigenvalue weighted by molar-refractivity contribution is -0.141. The molecule has 0 heterocycles. The van der Waals surface area contributed by atoms with Gasteiger partial charge in [0.25, 0.3) is 0 Å². The highest BCUT2D eigenvalue weighted by Crippen LogP contribution is 2.17. The van der Waals surface area contributed by atoms with Crippen molar-refractivity contribution in [1.29, 1.82) is 0 Å². The molecular weight excluding hydrogens is 348 g/mol. The minimum Gasteiger partial charge on any atom is -0.354 e. The number of carbonyl (C=O) groups excluding carboxylic acids is 2. The maximum atomic E-state index is 13.1. The van der Waals surface area contributed by atoms with Gasteiger partial charge in [0.05, 0.1) is 0 Å². The number of hydrogen-bond donors (Lipinski definition) is 1. The largest absolute Gasteiger partial charge is 0.354 e. The van der Waals surface area contributed by atoms with Crippen LogP contribution in [0.5, 0.6) is 0 Å². The van der Waals surface area contributed by atoms with Gasteiger partial charge in [0.15, 0.2) is 0 Å². The Morgan fingerprint density at radius 1 is 1.00 bits per heavy atom. The van der Waals surface area contributed by atoms with E-state index in [4.69, 9.17) is 0 Å². The molecule has 0 fully saturated rings. The van der Waals surface area contributed by atoms with Crippen LogP contribution in [0.2, 0.25) is 0 Å². The molecule has 0 saturated heterocycles. The number of nitrogens with zero attached hydrogens (tertiary/aromatic N) is 1. The van der Waals surface area contributed by atoms with Gasteiger partial charge in [0.2, 0.25) is 11.8 Å². The van der Waals surface area contributed by atoms with E-state index in [1.54, 1.807) is 4.90 Å². The van der Waals surface area contributed by atoms with Crippen LogP contribution < -0.4 is 5.32 Å².